The van der Waals surface area contributed by atoms with E-state index in [2.05, 4.69) is 16.0 Å². The van der Waals surface area contributed by atoms with Crippen molar-refractivity contribution in [3.8, 4) is 11.5 Å². The van der Waals surface area contributed by atoms with Gasteiger partial charge in [-0.3, -0.25) is 14.4 Å². The summed E-state index contributed by atoms with van der Waals surface area (Å²) in [5.74, 6) is -1.62. The predicted molar refractivity (Wildman–Crippen MR) is 157 cm³/mol. The summed E-state index contributed by atoms with van der Waals surface area (Å²) in [6, 6.07) is 24.4. The third-order valence-corrected chi connectivity index (χ3v) is 6.36. The van der Waals surface area contributed by atoms with Crippen LogP contribution in [0.5, 0.6) is 11.5 Å². The van der Waals surface area contributed by atoms with Crippen LogP contribution in [0.25, 0.3) is 0 Å². The minimum absolute atomic E-state index is 0.0531. The van der Waals surface area contributed by atoms with Gasteiger partial charge in [-0.15, -0.1) is 0 Å². The zero-order valence-corrected chi connectivity index (χ0v) is 22.9. The Kier molecular flexibility index (Phi) is 9.52. The highest BCUT2D eigenvalue weighted by Crippen LogP contribution is 2.20. The molecule has 0 heterocycles. The summed E-state index contributed by atoms with van der Waals surface area (Å²) in [6.07, 6.45) is 0.0681. The van der Waals surface area contributed by atoms with Gasteiger partial charge in [-0.25, -0.2) is 4.79 Å². The number of phenols is 1. The molecule has 0 fully saturated rings. The lowest BCUT2D eigenvalue weighted by atomic mass is 10.0. The van der Waals surface area contributed by atoms with Crippen molar-refractivity contribution in [1.82, 2.24) is 5.32 Å². The van der Waals surface area contributed by atoms with Crippen LogP contribution in [-0.2, 0) is 16.0 Å². The Labute approximate surface area is 242 Å². The number of amides is 3. The lowest BCUT2D eigenvalue weighted by Crippen LogP contribution is -2.45. The average Bonchev–Trinajstić information content (AvgIpc) is 3.01. The van der Waals surface area contributed by atoms with Crippen LogP contribution in [0.2, 0.25) is 0 Å². The normalized spacial score (nSPS) is 11.1. The first-order valence-corrected chi connectivity index (χ1v) is 12.9. The van der Waals surface area contributed by atoms with E-state index in [1.165, 1.54) is 38.5 Å². The number of carbonyl (C=O) groups is 4. The number of phenolic OH excluding ortho intramolecular Hbond substituents is 1. The Morgan fingerprint density at radius 2 is 1.31 bits per heavy atom. The fourth-order valence-electron chi connectivity index (χ4n) is 4.14. The zero-order chi connectivity index (χ0) is 30.1. The monoisotopic (exact) mass is 567 g/mol. The Morgan fingerprint density at radius 1 is 0.714 bits per heavy atom. The van der Waals surface area contributed by atoms with Crippen LogP contribution in [0.15, 0.2) is 97.1 Å². The number of anilines is 2. The maximum absolute atomic E-state index is 13.5. The molecule has 214 valence electrons. The Balaban J connectivity index is 1.58. The van der Waals surface area contributed by atoms with Gasteiger partial charge in [0.15, 0.2) is 0 Å². The summed E-state index contributed by atoms with van der Waals surface area (Å²) < 4.78 is 9.94. The predicted octanol–water partition coefficient (Wildman–Crippen LogP) is 4.42. The molecule has 0 spiro atoms. The molecular formula is C32H29N3O7. The van der Waals surface area contributed by atoms with Crippen molar-refractivity contribution in [2.45, 2.75) is 12.5 Å². The molecule has 4 aromatic rings. The van der Waals surface area contributed by atoms with Crippen molar-refractivity contribution in [3.63, 3.8) is 0 Å². The molecule has 0 aromatic heterocycles. The van der Waals surface area contributed by atoms with Crippen LogP contribution in [0.1, 0.15) is 36.6 Å². The number of benzene rings is 4. The van der Waals surface area contributed by atoms with Gasteiger partial charge in [-0.05, 0) is 66.2 Å². The number of nitrogens with one attached hydrogen (secondary N) is 3. The highest BCUT2D eigenvalue weighted by Gasteiger charge is 2.25. The fourth-order valence-corrected chi connectivity index (χ4v) is 4.14. The van der Waals surface area contributed by atoms with Gasteiger partial charge < -0.3 is 30.5 Å². The number of hydrogen-bond acceptors (Lipinski definition) is 7. The van der Waals surface area contributed by atoms with Crippen LogP contribution >= 0.6 is 0 Å². The van der Waals surface area contributed by atoms with E-state index in [0.29, 0.717) is 16.9 Å². The number of methoxy groups -OCH3 is 2. The van der Waals surface area contributed by atoms with Crippen LogP contribution in [-0.4, -0.2) is 49.1 Å². The summed E-state index contributed by atoms with van der Waals surface area (Å²) >= 11 is 0. The Hall–Kier alpha value is -5.64. The first-order chi connectivity index (χ1) is 20.3. The number of esters is 1. The number of para-hydroxylation sites is 2. The molecule has 0 aliphatic carbocycles. The van der Waals surface area contributed by atoms with E-state index in [9.17, 15) is 24.3 Å². The summed E-state index contributed by atoms with van der Waals surface area (Å²) in [5, 5.41) is 17.9. The Morgan fingerprint density at radius 3 is 1.93 bits per heavy atom. The smallest absolute Gasteiger partial charge is 0.339 e. The highest BCUT2D eigenvalue weighted by atomic mass is 16.5. The lowest BCUT2D eigenvalue weighted by molar-refractivity contribution is -0.118. The van der Waals surface area contributed by atoms with Crippen molar-refractivity contribution < 1.29 is 33.8 Å². The maximum atomic E-state index is 13.5. The average molecular weight is 568 g/mol. The van der Waals surface area contributed by atoms with Crippen molar-refractivity contribution in [1.29, 1.82) is 0 Å². The van der Waals surface area contributed by atoms with E-state index in [0.717, 1.165) is 0 Å². The van der Waals surface area contributed by atoms with Crippen molar-refractivity contribution in [3.05, 3.63) is 119 Å². The number of carbonyl (C=O) groups excluding carboxylic acids is 4. The molecule has 10 nitrogen and oxygen atoms in total. The third-order valence-electron chi connectivity index (χ3n) is 6.36. The lowest BCUT2D eigenvalue weighted by Gasteiger charge is -2.20. The minimum Gasteiger partial charge on any atom is -0.508 e. The van der Waals surface area contributed by atoms with Crippen LogP contribution in [0, 0.1) is 0 Å². The van der Waals surface area contributed by atoms with Gasteiger partial charge in [-0.1, -0.05) is 36.4 Å². The second-order valence-electron chi connectivity index (χ2n) is 9.15. The summed E-state index contributed by atoms with van der Waals surface area (Å²) in [6.45, 7) is 0. The molecule has 1 atom stereocenters. The van der Waals surface area contributed by atoms with Gasteiger partial charge >= 0.3 is 5.97 Å². The summed E-state index contributed by atoms with van der Waals surface area (Å²) in [7, 11) is 2.76. The summed E-state index contributed by atoms with van der Waals surface area (Å²) in [4.78, 5) is 52.2. The maximum Gasteiger partial charge on any atom is 0.339 e. The zero-order valence-electron chi connectivity index (χ0n) is 22.9. The van der Waals surface area contributed by atoms with E-state index < -0.39 is 29.7 Å². The molecule has 42 heavy (non-hydrogen) atoms. The molecule has 10 heteroatoms. The molecule has 3 amide bonds. The molecule has 0 aliphatic rings. The van der Waals surface area contributed by atoms with Gasteiger partial charge in [0.25, 0.3) is 11.8 Å². The quantitative estimate of drug-likeness (QED) is 0.208. The van der Waals surface area contributed by atoms with Crippen LogP contribution in [0.4, 0.5) is 11.4 Å². The largest absolute Gasteiger partial charge is 0.508 e. The second kappa shape index (κ2) is 13.6. The molecule has 0 aliphatic heterocycles. The minimum atomic E-state index is -1.10. The van der Waals surface area contributed by atoms with E-state index >= 15 is 0 Å². The SMILES string of the molecule is COC(=O)c1ccccc1NC(=O)C(Cc1ccc(O)cc1)NC(=O)c1ccccc1NC(=O)c1ccc(OC)cc1. The first-order valence-electron chi connectivity index (χ1n) is 12.9. The third kappa shape index (κ3) is 7.30. The standard InChI is InChI=1S/C32H29N3O7/c1-41-23-17-13-21(14-18-23)29(37)33-26-9-5-3-7-24(26)30(38)35-28(19-20-11-15-22(36)16-12-20)31(39)34-27-10-6-4-8-25(27)32(40)42-2/h3-18,28,36H,19H2,1-2H3,(H,33,37)(H,34,39)(H,35,38). The number of ether oxygens (including phenoxy) is 2. The molecule has 0 saturated heterocycles. The first kappa shape index (κ1) is 29.3. The molecule has 4 N–H and O–H groups in total. The van der Waals surface area contributed by atoms with E-state index in [4.69, 9.17) is 9.47 Å². The molecular weight excluding hydrogens is 538 g/mol. The van der Waals surface area contributed by atoms with Crippen LogP contribution < -0.4 is 20.7 Å². The summed E-state index contributed by atoms with van der Waals surface area (Å²) in [5.41, 5.74) is 1.77. The molecule has 4 rings (SSSR count). The molecule has 1 unspecified atom stereocenters. The van der Waals surface area contributed by atoms with Crippen molar-refractivity contribution in [2.24, 2.45) is 0 Å². The topological polar surface area (TPSA) is 143 Å². The number of rotatable bonds is 10. The molecule has 0 radical (unpaired) electrons. The van der Waals surface area contributed by atoms with Crippen molar-refractivity contribution >= 4 is 35.1 Å². The number of aromatic hydroxyl groups is 1. The fraction of sp³-hybridized carbons (Fsp3) is 0.125. The van der Waals surface area contributed by atoms with Gasteiger partial charge in [0.1, 0.15) is 17.5 Å². The van der Waals surface area contributed by atoms with Gasteiger partial charge in [0, 0.05) is 12.0 Å². The van der Waals surface area contributed by atoms with E-state index in [-0.39, 0.29) is 34.7 Å². The van der Waals surface area contributed by atoms with E-state index in [1.54, 1.807) is 72.8 Å². The Bertz CT molecular complexity index is 1580. The van der Waals surface area contributed by atoms with E-state index in [1.807, 2.05) is 0 Å². The molecule has 0 bridgehead atoms. The van der Waals surface area contributed by atoms with Gasteiger partial charge in [0.2, 0.25) is 5.91 Å². The van der Waals surface area contributed by atoms with Crippen LogP contribution in [0.3, 0.4) is 0 Å². The molecule has 4 aromatic carbocycles. The second-order valence-corrected chi connectivity index (χ2v) is 9.15. The van der Waals surface area contributed by atoms with Gasteiger partial charge in [0.05, 0.1) is 36.7 Å². The highest BCUT2D eigenvalue weighted by molar-refractivity contribution is 6.10. The molecule has 0 saturated carbocycles. The van der Waals surface area contributed by atoms with Crippen molar-refractivity contribution in [2.75, 3.05) is 24.9 Å². The van der Waals surface area contributed by atoms with Gasteiger partial charge in [-0.2, -0.15) is 0 Å². The number of hydrogen-bond donors (Lipinski definition) is 4.